The second kappa shape index (κ2) is 8.32. The molecular formula is C30H28N2O. The fourth-order valence-corrected chi connectivity index (χ4v) is 5.05. The van der Waals surface area contributed by atoms with E-state index in [4.69, 9.17) is 0 Å². The number of hydrogen-bond donors (Lipinski definition) is 1. The summed E-state index contributed by atoms with van der Waals surface area (Å²) in [7, 11) is 0. The number of fused-ring (bicyclic) bond motifs is 1. The molecule has 1 atom stereocenters. The van der Waals surface area contributed by atoms with Crippen molar-refractivity contribution in [2.75, 3.05) is 0 Å². The molecule has 164 valence electrons. The van der Waals surface area contributed by atoms with Gasteiger partial charge in [-0.3, -0.25) is 4.79 Å². The van der Waals surface area contributed by atoms with Crippen LogP contribution in [0.15, 0.2) is 96.1 Å². The number of carbonyl (C=O) groups excluding carboxylic acids is 1. The molecule has 5 rings (SSSR count). The maximum absolute atomic E-state index is 13.3. The van der Waals surface area contributed by atoms with Gasteiger partial charge >= 0.3 is 0 Å². The van der Waals surface area contributed by atoms with Gasteiger partial charge < -0.3 is 0 Å². The molecular weight excluding hydrogens is 404 g/mol. The Kier molecular flexibility index (Phi) is 5.33. The van der Waals surface area contributed by atoms with Crippen molar-refractivity contribution in [2.45, 2.75) is 32.6 Å². The Morgan fingerprint density at radius 3 is 2.12 bits per heavy atom. The smallest absolute Gasteiger partial charge is 0.244 e. The molecule has 33 heavy (non-hydrogen) atoms. The average Bonchev–Trinajstić information content (AvgIpc) is 3.59. The lowest BCUT2D eigenvalue weighted by molar-refractivity contribution is -0.122. The first-order valence-corrected chi connectivity index (χ1v) is 11.5. The van der Waals surface area contributed by atoms with E-state index in [-0.39, 0.29) is 17.2 Å². The van der Waals surface area contributed by atoms with Crippen molar-refractivity contribution in [3.8, 4) is 0 Å². The Hall–Kier alpha value is -3.72. The van der Waals surface area contributed by atoms with Crippen LogP contribution in [0, 0.1) is 19.8 Å². The Balaban J connectivity index is 1.44. The molecule has 1 saturated carbocycles. The number of hydrogen-bond acceptors (Lipinski definition) is 2. The minimum Gasteiger partial charge on any atom is -0.273 e. The molecule has 0 aromatic heterocycles. The summed E-state index contributed by atoms with van der Waals surface area (Å²) < 4.78 is 0. The monoisotopic (exact) mass is 432 g/mol. The first-order valence-electron chi connectivity index (χ1n) is 11.5. The van der Waals surface area contributed by atoms with Crippen molar-refractivity contribution in [1.82, 2.24) is 5.43 Å². The Morgan fingerprint density at radius 2 is 1.45 bits per heavy atom. The first-order chi connectivity index (χ1) is 16.0. The molecule has 0 aliphatic heterocycles. The summed E-state index contributed by atoms with van der Waals surface area (Å²) in [6.07, 6.45) is 0.786. The summed E-state index contributed by atoms with van der Waals surface area (Å²) >= 11 is 0. The van der Waals surface area contributed by atoms with Gasteiger partial charge in [-0.15, -0.1) is 0 Å². The molecule has 3 nitrogen and oxygen atoms in total. The number of aryl methyl sites for hydroxylation is 2. The van der Waals surface area contributed by atoms with Crippen molar-refractivity contribution in [2.24, 2.45) is 11.0 Å². The fourth-order valence-electron chi connectivity index (χ4n) is 5.05. The van der Waals surface area contributed by atoms with Gasteiger partial charge in [0.15, 0.2) is 0 Å². The minimum atomic E-state index is -0.301. The second-order valence-corrected chi connectivity index (χ2v) is 9.17. The molecule has 0 heterocycles. The molecule has 0 spiro atoms. The van der Waals surface area contributed by atoms with Crippen molar-refractivity contribution in [3.63, 3.8) is 0 Å². The van der Waals surface area contributed by atoms with Crippen LogP contribution >= 0.6 is 0 Å². The molecule has 4 aromatic carbocycles. The van der Waals surface area contributed by atoms with E-state index in [2.05, 4.69) is 91.1 Å². The zero-order valence-corrected chi connectivity index (χ0v) is 19.3. The molecule has 1 aliphatic carbocycles. The number of amides is 1. The highest BCUT2D eigenvalue weighted by molar-refractivity contribution is 6.10. The van der Waals surface area contributed by atoms with E-state index in [1.165, 1.54) is 22.3 Å². The largest absolute Gasteiger partial charge is 0.273 e. The number of benzene rings is 4. The quantitative estimate of drug-likeness (QED) is 0.292. The lowest BCUT2D eigenvalue weighted by Crippen LogP contribution is -2.26. The zero-order chi connectivity index (χ0) is 23.0. The summed E-state index contributed by atoms with van der Waals surface area (Å²) in [5, 5.41) is 6.81. The third-order valence-electron chi connectivity index (χ3n) is 6.86. The lowest BCUT2D eigenvalue weighted by atomic mass is 9.84. The average molecular weight is 433 g/mol. The van der Waals surface area contributed by atoms with Crippen LogP contribution in [0.5, 0.6) is 0 Å². The molecule has 0 unspecified atom stereocenters. The van der Waals surface area contributed by atoms with Gasteiger partial charge in [0.05, 0.1) is 11.6 Å². The van der Waals surface area contributed by atoms with Crippen LogP contribution in [0.2, 0.25) is 0 Å². The molecule has 3 heteroatoms. The van der Waals surface area contributed by atoms with Gasteiger partial charge in [-0.25, -0.2) is 5.43 Å². The van der Waals surface area contributed by atoms with Crippen LogP contribution in [0.3, 0.4) is 0 Å². The lowest BCUT2D eigenvalue weighted by Gasteiger charge is -2.20. The van der Waals surface area contributed by atoms with Gasteiger partial charge in [0.25, 0.3) is 0 Å². The molecule has 0 radical (unpaired) electrons. The van der Waals surface area contributed by atoms with Crippen molar-refractivity contribution in [3.05, 3.63) is 119 Å². The third-order valence-corrected chi connectivity index (χ3v) is 6.86. The van der Waals surface area contributed by atoms with Gasteiger partial charge in [0.1, 0.15) is 0 Å². The summed E-state index contributed by atoms with van der Waals surface area (Å²) in [6, 6.07) is 31.5. The maximum atomic E-state index is 13.3. The molecule has 1 N–H and O–H groups in total. The van der Waals surface area contributed by atoms with Gasteiger partial charge in [-0.2, -0.15) is 5.10 Å². The van der Waals surface area contributed by atoms with E-state index in [1.54, 1.807) is 0 Å². The number of carbonyl (C=O) groups is 1. The summed E-state index contributed by atoms with van der Waals surface area (Å²) in [5.41, 5.74) is 9.22. The first kappa shape index (κ1) is 21.1. The summed E-state index contributed by atoms with van der Waals surface area (Å²) in [6.45, 7) is 6.15. The van der Waals surface area contributed by atoms with Crippen LogP contribution in [0.25, 0.3) is 10.8 Å². The summed E-state index contributed by atoms with van der Waals surface area (Å²) in [5.74, 6) is -0.178. The molecule has 1 amide bonds. The van der Waals surface area contributed by atoms with Crippen LogP contribution in [-0.4, -0.2) is 11.6 Å². The minimum absolute atomic E-state index is 0.0300. The topological polar surface area (TPSA) is 41.5 Å². The predicted octanol–water partition coefficient (Wildman–Crippen LogP) is 6.30. The molecule has 1 aliphatic rings. The SMILES string of the molecule is C/C(=N\NC(=O)[C@H]1CC1(c1cccc(C)c1)c1cccc(C)c1)c1cccc2ccccc12. The van der Waals surface area contributed by atoms with E-state index < -0.39 is 0 Å². The number of rotatable bonds is 5. The standard InChI is InChI=1S/C30H28N2O/c1-20-9-6-13-24(17-20)30(25-14-7-10-21(2)18-25)19-28(30)29(33)32-31-22(3)26-16-8-12-23-11-4-5-15-27(23)26/h4-18,28H,19H2,1-3H3,(H,32,33)/b31-22+/t28-/m1/s1. The molecule has 1 fully saturated rings. The highest BCUT2D eigenvalue weighted by Crippen LogP contribution is 2.59. The second-order valence-electron chi connectivity index (χ2n) is 9.17. The van der Waals surface area contributed by atoms with Crippen LogP contribution < -0.4 is 5.43 Å². The third kappa shape index (κ3) is 3.84. The highest BCUT2D eigenvalue weighted by atomic mass is 16.2. The molecule has 0 bridgehead atoms. The van der Waals surface area contributed by atoms with Crippen molar-refractivity contribution < 1.29 is 4.79 Å². The zero-order valence-electron chi connectivity index (χ0n) is 19.3. The van der Waals surface area contributed by atoms with Crippen molar-refractivity contribution >= 4 is 22.4 Å². The maximum Gasteiger partial charge on any atom is 0.244 e. The Morgan fingerprint density at radius 1 is 0.848 bits per heavy atom. The Labute approximate surface area is 195 Å². The highest BCUT2D eigenvalue weighted by Gasteiger charge is 2.60. The number of nitrogens with zero attached hydrogens (tertiary/aromatic N) is 1. The van der Waals surface area contributed by atoms with Gasteiger partial charge in [0.2, 0.25) is 5.91 Å². The van der Waals surface area contributed by atoms with Gasteiger partial charge in [0, 0.05) is 11.0 Å². The van der Waals surface area contributed by atoms with Crippen molar-refractivity contribution in [1.29, 1.82) is 0 Å². The Bertz CT molecular complexity index is 1330. The molecule has 0 saturated heterocycles. The van der Waals surface area contributed by atoms with E-state index >= 15 is 0 Å². The van der Waals surface area contributed by atoms with Crippen LogP contribution in [-0.2, 0) is 10.2 Å². The number of nitrogens with one attached hydrogen (secondary N) is 1. The van der Waals surface area contributed by atoms with E-state index in [9.17, 15) is 4.79 Å². The van der Waals surface area contributed by atoms with Gasteiger partial charge in [-0.05, 0) is 49.1 Å². The van der Waals surface area contributed by atoms with Crippen LogP contribution in [0.1, 0.15) is 41.2 Å². The predicted molar refractivity (Wildman–Crippen MR) is 136 cm³/mol. The van der Waals surface area contributed by atoms with Crippen LogP contribution in [0.4, 0.5) is 0 Å². The van der Waals surface area contributed by atoms with E-state index in [0.29, 0.717) is 0 Å². The van der Waals surface area contributed by atoms with E-state index in [1.807, 2.05) is 31.2 Å². The number of hydrazone groups is 1. The van der Waals surface area contributed by atoms with Gasteiger partial charge in [-0.1, -0.05) is 102 Å². The fraction of sp³-hybridized carbons (Fsp3) is 0.200. The normalized spacial score (nSPS) is 17.1. The molecule has 4 aromatic rings. The van der Waals surface area contributed by atoms with E-state index in [0.717, 1.165) is 28.5 Å². The summed E-state index contributed by atoms with van der Waals surface area (Å²) in [4.78, 5) is 13.3.